The molecule has 0 unspecified atom stereocenters. The number of aromatic nitrogens is 1. The molecule has 0 atom stereocenters. The topological polar surface area (TPSA) is 51.2 Å². The van der Waals surface area contributed by atoms with Crippen LogP contribution < -0.4 is 10.1 Å². The molecule has 0 fully saturated rings. The van der Waals surface area contributed by atoms with Gasteiger partial charge in [-0.25, -0.2) is 9.37 Å². The smallest absolute Gasteiger partial charge is 0.271 e. The molecule has 4 aromatic rings. The number of nitrogens with one attached hydrogen (secondary N) is 1. The van der Waals surface area contributed by atoms with Crippen LogP contribution in [0.3, 0.4) is 0 Å². The Bertz CT molecular complexity index is 1210. The molecular formula is C24H18ClFN2O2S. The highest BCUT2D eigenvalue weighted by atomic mass is 35.5. The highest BCUT2D eigenvalue weighted by Gasteiger charge is 2.12. The lowest BCUT2D eigenvalue weighted by Crippen LogP contribution is -2.23. The number of amides is 1. The van der Waals surface area contributed by atoms with Crippen LogP contribution in [-0.2, 0) is 13.2 Å². The molecule has 156 valence electrons. The largest absolute Gasteiger partial charge is 0.489 e. The van der Waals surface area contributed by atoms with Crippen molar-refractivity contribution in [3.63, 3.8) is 0 Å². The van der Waals surface area contributed by atoms with Gasteiger partial charge < -0.3 is 10.1 Å². The molecule has 4 rings (SSSR count). The quantitative estimate of drug-likeness (QED) is 0.368. The molecule has 0 aliphatic carbocycles. The van der Waals surface area contributed by atoms with Crippen LogP contribution in [0.1, 0.15) is 21.6 Å². The van der Waals surface area contributed by atoms with Gasteiger partial charge in [0.1, 0.15) is 28.9 Å². The molecule has 0 saturated carbocycles. The molecule has 0 aliphatic heterocycles. The van der Waals surface area contributed by atoms with Crippen LogP contribution in [0.5, 0.6) is 5.75 Å². The van der Waals surface area contributed by atoms with Gasteiger partial charge in [-0.3, -0.25) is 4.79 Å². The number of benzene rings is 3. The Kier molecular flexibility index (Phi) is 6.60. The first kappa shape index (κ1) is 21.0. The maximum atomic E-state index is 13.3. The number of halogens is 2. The van der Waals surface area contributed by atoms with E-state index in [-0.39, 0.29) is 18.3 Å². The molecular weight excluding hydrogens is 435 g/mol. The van der Waals surface area contributed by atoms with E-state index in [1.54, 1.807) is 17.5 Å². The van der Waals surface area contributed by atoms with E-state index in [1.807, 2.05) is 48.5 Å². The zero-order chi connectivity index (χ0) is 21.6. The maximum absolute atomic E-state index is 13.3. The summed E-state index contributed by atoms with van der Waals surface area (Å²) >= 11 is 7.39. The average Bonchev–Trinajstić information content (AvgIpc) is 3.27. The van der Waals surface area contributed by atoms with Crippen molar-refractivity contribution >= 4 is 28.8 Å². The summed E-state index contributed by atoms with van der Waals surface area (Å²) in [6, 6.07) is 21.2. The number of carbonyl (C=O) groups excluding carboxylic acids is 1. The molecule has 3 aromatic carbocycles. The van der Waals surface area contributed by atoms with Crippen LogP contribution in [0.15, 0.2) is 78.2 Å². The zero-order valence-electron chi connectivity index (χ0n) is 16.3. The number of thiazole rings is 1. The molecule has 1 amide bonds. The second kappa shape index (κ2) is 9.73. The minimum absolute atomic E-state index is 0.232. The standard InChI is InChI=1S/C24H18ClFN2O2S/c25-19-7-1-5-17(10-19)14-30-21-9-3-6-18(12-21)24-28-22(15-31-24)23(29)27-13-16-4-2-8-20(26)11-16/h1-12,15H,13-14H2,(H,27,29). The Balaban J connectivity index is 1.40. The van der Waals surface area contributed by atoms with Crippen molar-refractivity contribution in [1.29, 1.82) is 0 Å². The van der Waals surface area contributed by atoms with E-state index in [9.17, 15) is 9.18 Å². The number of ether oxygens (including phenoxy) is 1. The summed E-state index contributed by atoms with van der Waals surface area (Å²) in [6.45, 7) is 0.631. The zero-order valence-corrected chi connectivity index (χ0v) is 17.9. The first-order valence-corrected chi connectivity index (χ1v) is 10.8. The van der Waals surface area contributed by atoms with Gasteiger partial charge in [0, 0.05) is 22.5 Å². The Hall–Kier alpha value is -3.22. The molecule has 31 heavy (non-hydrogen) atoms. The van der Waals surface area contributed by atoms with Gasteiger partial charge in [-0.2, -0.15) is 0 Å². The summed E-state index contributed by atoms with van der Waals surface area (Å²) in [5.74, 6) is 0.0602. The Morgan fingerprint density at radius 1 is 1.03 bits per heavy atom. The van der Waals surface area contributed by atoms with Crippen LogP contribution >= 0.6 is 22.9 Å². The van der Waals surface area contributed by atoms with Crippen molar-refractivity contribution in [3.8, 4) is 16.3 Å². The fourth-order valence-corrected chi connectivity index (χ4v) is 3.95. The molecule has 1 aromatic heterocycles. The monoisotopic (exact) mass is 452 g/mol. The minimum atomic E-state index is -0.333. The third kappa shape index (κ3) is 5.69. The molecule has 0 bridgehead atoms. The first-order chi connectivity index (χ1) is 15.1. The van der Waals surface area contributed by atoms with Crippen LogP contribution in [0.2, 0.25) is 5.02 Å². The molecule has 1 heterocycles. The highest BCUT2D eigenvalue weighted by molar-refractivity contribution is 7.13. The van der Waals surface area contributed by atoms with Gasteiger partial charge in [-0.1, -0.05) is 48.0 Å². The fourth-order valence-electron chi connectivity index (χ4n) is 2.94. The summed E-state index contributed by atoms with van der Waals surface area (Å²) in [5.41, 5.74) is 2.84. The minimum Gasteiger partial charge on any atom is -0.489 e. The summed E-state index contributed by atoms with van der Waals surface area (Å²) in [7, 11) is 0. The lowest BCUT2D eigenvalue weighted by molar-refractivity contribution is 0.0946. The van der Waals surface area contributed by atoms with Gasteiger partial charge in [-0.05, 0) is 47.5 Å². The summed E-state index contributed by atoms with van der Waals surface area (Å²) in [4.78, 5) is 16.8. The predicted molar refractivity (Wildman–Crippen MR) is 121 cm³/mol. The van der Waals surface area contributed by atoms with Crippen molar-refractivity contribution in [1.82, 2.24) is 10.3 Å². The molecule has 7 heteroatoms. The van der Waals surface area contributed by atoms with E-state index in [0.29, 0.717) is 33.6 Å². The molecule has 0 spiro atoms. The summed E-state index contributed by atoms with van der Waals surface area (Å²) < 4.78 is 19.1. The normalized spacial score (nSPS) is 10.6. The van der Waals surface area contributed by atoms with E-state index < -0.39 is 0 Å². The van der Waals surface area contributed by atoms with E-state index in [0.717, 1.165) is 11.1 Å². The van der Waals surface area contributed by atoms with Crippen molar-refractivity contribution in [2.45, 2.75) is 13.2 Å². The van der Waals surface area contributed by atoms with Crippen LogP contribution in [-0.4, -0.2) is 10.9 Å². The molecule has 0 saturated heterocycles. The Morgan fingerprint density at radius 3 is 2.68 bits per heavy atom. The van der Waals surface area contributed by atoms with Crippen LogP contribution in [0.4, 0.5) is 4.39 Å². The van der Waals surface area contributed by atoms with E-state index in [2.05, 4.69) is 10.3 Å². The van der Waals surface area contributed by atoms with Gasteiger partial charge >= 0.3 is 0 Å². The third-order valence-corrected chi connectivity index (χ3v) is 5.58. The number of rotatable bonds is 7. The van der Waals surface area contributed by atoms with Crippen molar-refractivity contribution in [2.24, 2.45) is 0 Å². The molecule has 1 N–H and O–H groups in total. The Labute approximate surface area is 188 Å². The van der Waals surface area contributed by atoms with Gasteiger partial charge in [0.2, 0.25) is 0 Å². The van der Waals surface area contributed by atoms with Gasteiger partial charge in [-0.15, -0.1) is 11.3 Å². The maximum Gasteiger partial charge on any atom is 0.271 e. The summed E-state index contributed by atoms with van der Waals surface area (Å²) in [6.07, 6.45) is 0. The SMILES string of the molecule is O=C(NCc1cccc(F)c1)c1csc(-c2cccc(OCc3cccc(Cl)c3)c2)n1. The lowest BCUT2D eigenvalue weighted by atomic mass is 10.2. The Morgan fingerprint density at radius 2 is 1.84 bits per heavy atom. The first-order valence-electron chi connectivity index (χ1n) is 9.53. The highest BCUT2D eigenvalue weighted by Crippen LogP contribution is 2.27. The van der Waals surface area contributed by atoms with Gasteiger partial charge in [0.25, 0.3) is 5.91 Å². The molecule has 4 nitrogen and oxygen atoms in total. The summed E-state index contributed by atoms with van der Waals surface area (Å²) in [5, 5.41) is 5.85. The van der Waals surface area contributed by atoms with E-state index >= 15 is 0 Å². The number of nitrogens with zero attached hydrogens (tertiary/aromatic N) is 1. The number of hydrogen-bond donors (Lipinski definition) is 1. The van der Waals surface area contributed by atoms with Crippen molar-refractivity contribution < 1.29 is 13.9 Å². The molecule has 0 radical (unpaired) electrons. The fraction of sp³-hybridized carbons (Fsp3) is 0.0833. The van der Waals surface area contributed by atoms with E-state index in [4.69, 9.17) is 16.3 Å². The second-order valence-corrected chi connectivity index (χ2v) is 8.09. The predicted octanol–water partition coefficient (Wildman–Crippen LogP) is 6.11. The average molecular weight is 453 g/mol. The lowest BCUT2D eigenvalue weighted by Gasteiger charge is -2.07. The third-order valence-electron chi connectivity index (χ3n) is 4.45. The van der Waals surface area contributed by atoms with E-state index in [1.165, 1.54) is 23.5 Å². The van der Waals surface area contributed by atoms with Crippen molar-refractivity contribution in [3.05, 3.63) is 106 Å². The number of carbonyl (C=O) groups is 1. The second-order valence-electron chi connectivity index (χ2n) is 6.80. The van der Waals surface area contributed by atoms with Gasteiger partial charge in [0.05, 0.1) is 0 Å². The number of hydrogen-bond acceptors (Lipinski definition) is 4. The molecule has 0 aliphatic rings. The van der Waals surface area contributed by atoms with Crippen molar-refractivity contribution in [2.75, 3.05) is 0 Å². The van der Waals surface area contributed by atoms with Crippen LogP contribution in [0.25, 0.3) is 10.6 Å². The van der Waals surface area contributed by atoms with Gasteiger partial charge in [0.15, 0.2) is 0 Å². The van der Waals surface area contributed by atoms with Crippen LogP contribution in [0, 0.1) is 5.82 Å².